The van der Waals surface area contributed by atoms with E-state index in [0.29, 0.717) is 5.70 Å². The fourth-order valence-corrected chi connectivity index (χ4v) is 1.93. The van der Waals surface area contributed by atoms with Crippen LogP contribution in [0.1, 0.15) is 17.4 Å². The first-order valence-electron chi connectivity index (χ1n) is 3.71. The monoisotopic (exact) mass is 178 g/mol. The fourth-order valence-electron chi connectivity index (χ4n) is 1.00. The molecular weight excluding hydrogens is 168 g/mol. The van der Waals surface area contributed by atoms with Gasteiger partial charge in [0.25, 0.3) is 0 Å². The van der Waals surface area contributed by atoms with Crippen LogP contribution in [0, 0.1) is 11.3 Å². The average Bonchev–Trinajstić information content (AvgIpc) is 2.51. The number of nitrogens with zero attached hydrogens (tertiary/aromatic N) is 1. The Labute approximate surface area is 75.9 Å². The van der Waals surface area contributed by atoms with Crippen LogP contribution in [0.15, 0.2) is 17.5 Å². The number of hydrogen-bond donors (Lipinski definition) is 1. The van der Waals surface area contributed by atoms with Crippen molar-refractivity contribution in [1.82, 2.24) is 0 Å². The minimum Gasteiger partial charge on any atom is -0.397 e. The minimum atomic E-state index is 0.573. The molecule has 0 unspecified atom stereocenters. The van der Waals surface area contributed by atoms with E-state index in [9.17, 15) is 0 Å². The molecule has 0 atom stereocenters. The van der Waals surface area contributed by atoms with Gasteiger partial charge < -0.3 is 5.73 Å². The Bertz CT molecular complexity index is 331. The quantitative estimate of drug-likeness (QED) is 0.705. The van der Waals surface area contributed by atoms with Gasteiger partial charge in [0, 0.05) is 6.08 Å². The SMILES string of the molecule is CCc1ccsc1/C(N)=C/C#N. The Morgan fingerprint density at radius 1 is 1.83 bits per heavy atom. The van der Waals surface area contributed by atoms with E-state index in [1.807, 2.05) is 17.5 Å². The van der Waals surface area contributed by atoms with Gasteiger partial charge in [0.2, 0.25) is 0 Å². The lowest BCUT2D eigenvalue weighted by Crippen LogP contribution is -1.95. The van der Waals surface area contributed by atoms with Crippen molar-refractivity contribution in [3.8, 4) is 6.07 Å². The summed E-state index contributed by atoms with van der Waals surface area (Å²) in [6.07, 6.45) is 2.34. The summed E-state index contributed by atoms with van der Waals surface area (Å²) in [4.78, 5) is 1.03. The summed E-state index contributed by atoms with van der Waals surface area (Å²) in [6, 6.07) is 3.97. The van der Waals surface area contributed by atoms with Crippen LogP contribution in [0.4, 0.5) is 0 Å². The molecule has 0 aliphatic rings. The standard InChI is InChI=1S/C9H10N2S/c1-2-7-4-6-12-9(7)8(11)3-5-10/h3-4,6H,2,11H2,1H3/b8-3-. The topological polar surface area (TPSA) is 49.8 Å². The highest BCUT2D eigenvalue weighted by Gasteiger charge is 2.03. The molecule has 0 bridgehead atoms. The summed E-state index contributed by atoms with van der Waals surface area (Å²) < 4.78 is 0. The first-order chi connectivity index (χ1) is 5.79. The summed E-state index contributed by atoms with van der Waals surface area (Å²) in [5.74, 6) is 0. The number of hydrogen-bond acceptors (Lipinski definition) is 3. The second kappa shape index (κ2) is 3.93. The van der Waals surface area contributed by atoms with E-state index in [0.717, 1.165) is 11.3 Å². The van der Waals surface area contributed by atoms with E-state index in [4.69, 9.17) is 11.0 Å². The van der Waals surface area contributed by atoms with Gasteiger partial charge in [-0.2, -0.15) is 5.26 Å². The van der Waals surface area contributed by atoms with Gasteiger partial charge in [-0.25, -0.2) is 0 Å². The third-order valence-electron chi connectivity index (χ3n) is 1.61. The summed E-state index contributed by atoms with van der Waals surface area (Å²) in [7, 11) is 0. The van der Waals surface area contributed by atoms with Gasteiger partial charge in [0.1, 0.15) is 0 Å². The second-order valence-corrected chi connectivity index (χ2v) is 3.27. The molecule has 1 rings (SSSR count). The van der Waals surface area contributed by atoms with Crippen LogP contribution in [0.25, 0.3) is 5.70 Å². The highest BCUT2D eigenvalue weighted by molar-refractivity contribution is 7.11. The molecule has 1 aromatic rings. The molecule has 0 saturated carbocycles. The van der Waals surface area contributed by atoms with Crippen LogP contribution in [-0.4, -0.2) is 0 Å². The van der Waals surface area contributed by atoms with Crippen molar-refractivity contribution >= 4 is 17.0 Å². The third-order valence-corrected chi connectivity index (χ3v) is 2.62. The zero-order valence-corrected chi connectivity index (χ0v) is 7.69. The molecule has 0 saturated heterocycles. The summed E-state index contributed by atoms with van der Waals surface area (Å²) in [5.41, 5.74) is 7.46. The van der Waals surface area contributed by atoms with E-state index < -0.39 is 0 Å². The molecule has 0 aliphatic carbocycles. The van der Waals surface area contributed by atoms with E-state index in [2.05, 4.69) is 6.92 Å². The molecular formula is C9H10N2S. The first kappa shape index (κ1) is 8.82. The molecule has 0 aliphatic heterocycles. The smallest absolute Gasteiger partial charge is 0.0934 e. The van der Waals surface area contributed by atoms with Gasteiger partial charge in [-0.15, -0.1) is 11.3 Å². The van der Waals surface area contributed by atoms with Crippen LogP contribution in [0.2, 0.25) is 0 Å². The zero-order chi connectivity index (χ0) is 8.97. The number of thiophene rings is 1. The Kier molecular flexibility index (Phi) is 2.89. The van der Waals surface area contributed by atoms with E-state index in [-0.39, 0.29) is 0 Å². The number of nitrogens with two attached hydrogens (primary N) is 1. The number of nitriles is 1. The summed E-state index contributed by atoms with van der Waals surface area (Å²) in [5, 5.41) is 10.4. The molecule has 2 N–H and O–H groups in total. The van der Waals surface area contributed by atoms with Gasteiger partial charge in [0.15, 0.2) is 0 Å². The predicted octanol–water partition coefficient (Wildman–Crippen LogP) is 2.13. The summed E-state index contributed by atoms with van der Waals surface area (Å²) in [6.45, 7) is 2.07. The fraction of sp³-hybridized carbons (Fsp3) is 0.222. The number of rotatable bonds is 2. The molecule has 12 heavy (non-hydrogen) atoms. The van der Waals surface area contributed by atoms with Crippen molar-refractivity contribution in [2.45, 2.75) is 13.3 Å². The van der Waals surface area contributed by atoms with E-state index in [1.165, 1.54) is 11.6 Å². The highest BCUT2D eigenvalue weighted by Crippen LogP contribution is 2.22. The van der Waals surface area contributed by atoms with Crippen molar-refractivity contribution < 1.29 is 0 Å². The third kappa shape index (κ3) is 1.66. The van der Waals surface area contributed by atoms with Crippen LogP contribution >= 0.6 is 11.3 Å². The lowest BCUT2D eigenvalue weighted by atomic mass is 10.2. The van der Waals surface area contributed by atoms with Crippen molar-refractivity contribution in [2.75, 3.05) is 0 Å². The van der Waals surface area contributed by atoms with Gasteiger partial charge >= 0.3 is 0 Å². The van der Waals surface area contributed by atoms with Gasteiger partial charge in [-0.3, -0.25) is 0 Å². The molecule has 0 spiro atoms. The highest BCUT2D eigenvalue weighted by atomic mass is 32.1. The summed E-state index contributed by atoms with van der Waals surface area (Å²) >= 11 is 1.58. The Morgan fingerprint density at radius 2 is 2.58 bits per heavy atom. The maximum absolute atomic E-state index is 8.40. The second-order valence-electron chi connectivity index (χ2n) is 2.36. The minimum absolute atomic E-state index is 0.573. The van der Waals surface area contributed by atoms with Crippen molar-refractivity contribution in [2.24, 2.45) is 5.73 Å². The maximum Gasteiger partial charge on any atom is 0.0934 e. The largest absolute Gasteiger partial charge is 0.397 e. The van der Waals surface area contributed by atoms with Crippen molar-refractivity contribution in [3.05, 3.63) is 28.0 Å². The lowest BCUT2D eigenvalue weighted by molar-refractivity contribution is 1.15. The molecule has 62 valence electrons. The average molecular weight is 178 g/mol. The zero-order valence-electron chi connectivity index (χ0n) is 6.87. The van der Waals surface area contributed by atoms with E-state index >= 15 is 0 Å². The Balaban J connectivity index is 3.03. The normalized spacial score (nSPS) is 11.2. The van der Waals surface area contributed by atoms with Gasteiger partial charge in [-0.05, 0) is 23.4 Å². The van der Waals surface area contributed by atoms with Crippen LogP contribution < -0.4 is 5.73 Å². The molecule has 2 nitrogen and oxygen atoms in total. The maximum atomic E-state index is 8.40. The molecule has 0 fully saturated rings. The van der Waals surface area contributed by atoms with Crippen molar-refractivity contribution in [1.29, 1.82) is 5.26 Å². The molecule has 1 aromatic heterocycles. The number of aryl methyl sites for hydroxylation is 1. The molecule has 3 heteroatoms. The predicted molar refractivity (Wildman–Crippen MR) is 51.5 cm³/mol. The Hall–Kier alpha value is -1.27. The van der Waals surface area contributed by atoms with Crippen LogP contribution in [0.3, 0.4) is 0 Å². The molecule has 0 amide bonds. The molecule has 0 aromatic carbocycles. The van der Waals surface area contributed by atoms with Gasteiger partial charge in [-0.1, -0.05) is 6.92 Å². The first-order valence-corrected chi connectivity index (χ1v) is 4.59. The van der Waals surface area contributed by atoms with E-state index in [1.54, 1.807) is 11.3 Å². The lowest BCUT2D eigenvalue weighted by Gasteiger charge is -1.98. The van der Waals surface area contributed by atoms with Crippen LogP contribution in [0.5, 0.6) is 0 Å². The van der Waals surface area contributed by atoms with Crippen molar-refractivity contribution in [3.63, 3.8) is 0 Å². The van der Waals surface area contributed by atoms with Gasteiger partial charge in [0.05, 0.1) is 16.6 Å². The molecule has 1 heterocycles. The number of allylic oxidation sites excluding steroid dienone is 1. The Morgan fingerprint density at radius 3 is 3.17 bits per heavy atom. The van der Waals surface area contributed by atoms with Crippen LogP contribution in [-0.2, 0) is 6.42 Å². The molecule has 0 radical (unpaired) electrons.